The van der Waals surface area contributed by atoms with Gasteiger partial charge in [-0.2, -0.15) is 0 Å². The lowest BCUT2D eigenvalue weighted by Crippen LogP contribution is -2.37. The van der Waals surface area contributed by atoms with Gasteiger partial charge >= 0.3 is 0 Å². The van der Waals surface area contributed by atoms with E-state index in [9.17, 15) is 9.00 Å². The second-order valence-corrected chi connectivity index (χ2v) is 6.21. The summed E-state index contributed by atoms with van der Waals surface area (Å²) in [5, 5.41) is 2.79. The Hall–Kier alpha value is -0.380. The first-order valence-electron chi connectivity index (χ1n) is 5.83. The van der Waals surface area contributed by atoms with Gasteiger partial charge in [0.1, 0.15) is 0 Å². The van der Waals surface area contributed by atoms with Crippen LogP contribution in [0.5, 0.6) is 0 Å². The van der Waals surface area contributed by atoms with E-state index >= 15 is 0 Å². The van der Waals surface area contributed by atoms with Crippen LogP contribution in [0.25, 0.3) is 0 Å². The van der Waals surface area contributed by atoms with Crippen LogP contribution < -0.4 is 5.32 Å². The number of hydrogen-bond donors (Lipinski definition) is 1. The second kappa shape index (κ2) is 8.74. The Labute approximate surface area is 103 Å². The third-order valence-corrected chi connectivity index (χ3v) is 3.16. The van der Waals surface area contributed by atoms with Crippen molar-refractivity contribution in [2.24, 2.45) is 11.3 Å². The topological polar surface area (TPSA) is 46.2 Å². The predicted molar refractivity (Wildman–Crippen MR) is 71.9 cm³/mol. The van der Waals surface area contributed by atoms with Crippen LogP contribution in [0.1, 0.15) is 41.5 Å². The summed E-state index contributed by atoms with van der Waals surface area (Å²) in [4.78, 5) is 11.6. The summed E-state index contributed by atoms with van der Waals surface area (Å²) in [6.07, 6.45) is 1.64. The number of carbonyl (C=O) groups excluding carboxylic acids is 1. The largest absolute Gasteiger partial charge is 0.355 e. The van der Waals surface area contributed by atoms with E-state index in [0.29, 0.717) is 12.3 Å². The highest BCUT2D eigenvalue weighted by atomic mass is 32.2. The first kappa shape index (κ1) is 18.0. The highest BCUT2D eigenvalue weighted by Crippen LogP contribution is 2.24. The Kier molecular flexibility index (Phi) is 9.83. The van der Waals surface area contributed by atoms with Crippen molar-refractivity contribution in [3.8, 4) is 0 Å². The molecule has 1 N–H and O–H groups in total. The van der Waals surface area contributed by atoms with Gasteiger partial charge in [-0.15, -0.1) is 0 Å². The van der Waals surface area contributed by atoms with Gasteiger partial charge in [-0.25, -0.2) is 0 Å². The van der Waals surface area contributed by atoms with Crippen molar-refractivity contribution >= 4 is 16.7 Å². The maximum Gasteiger partial charge on any atom is 0.223 e. The molecular weight excluding hydrogens is 222 g/mol. The zero-order chi connectivity index (χ0) is 13.4. The molecule has 0 aliphatic rings. The minimum absolute atomic E-state index is 0.0184. The molecule has 3 nitrogen and oxygen atoms in total. The van der Waals surface area contributed by atoms with Gasteiger partial charge in [0.2, 0.25) is 5.91 Å². The lowest BCUT2D eigenvalue weighted by molar-refractivity contribution is -0.127. The van der Waals surface area contributed by atoms with Gasteiger partial charge in [0.05, 0.1) is 0 Å². The SMILES string of the molecule is CC.CC(C(=O)NCCS(C)=O)C(C)(C)C. The minimum Gasteiger partial charge on any atom is -0.355 e. The predicted octanol–water partition coefficient (Wildman–Crippen LogP) is 2.19. The molecule has 1 amide bonds. The summed E-state index contributed by atoms with van der Waals surface area (Å²) in [5.41, 5.74) is -0.0184. The van der Waals surface area contributed by atoms with Gasteiger partial charge in [-0.3, -0.25) is 9.00 Å². The van der Waals surface area contributed by atoms with E-state index in [2.05, 4.69) is 5.32 Å². The molecule has 2 unspecified atom stereocenters. The summed E-state index contributed by atoms with van der Waals surface area (Å²) >= 11 is 0. The Morgan fingerprint density at radius 2 is 1.75 bits per heavy atom. The molecule has 0 saturated carbocycles. The number of amides is 1. The normalized spacial score (nSPS) is 14.4. The number of carbonyl (C=O) groups is 1. The van der Waals surface area contributed by atoms with Crippen molar-refractivity contribution in [3.63, 3.8) is 0 Å². The van der Waals surface area contributed by atoms with E-state index in [0.717, 1.165) is 0 Å². The molecular formula is C12H27NO2S. The van der Waals surface area contributed by atoms with Gasteiger partial charge in [0, 0.05) is 35.3 Å². The van der Waals surface area contributed by atoms with E-state index in [-0.39, 0.29) is 17.2 Å². The molecule has 0 radical (unpaired) electrons. The molecule has 16 heavy (non-hydrogen) atoms. The van der Waals surface area contributed by atoms with Gasteiger partial charge in [-0.1, -0.05) is 41.5 Å². The quantitative estimate of drug-likeness (QED) is 0.830. The van der Waals surface area contributed by atoms with E-state index in [4.69, 9.17) is 0 Å². The van der Waals surface area contributed by atoms with Crippen LogP contribution in [0, 0.1) is 11.3 Å². The first-order chi connectivity index (χ1) is 7.25. The van der Waals surface area contributed by atoms with Gasteiger partial charge < -0.3 is 5.32 Å². The molecule has 2 atom stereocenters. The smallest absolute Gasteiger partial charge is 0.223 e. The Morgan fingerprint density at radius 1 is 1.31 bits per heavy atom. The third kappa shape index (κ3) is 8.89. The summed E-state index contributed by atoms with van der Waals surface area (Å²) in [6.45, 7) is 12.5. The van der Waals surface area contributed by atoms with Crippen molar-refractivity contribution < 1.29 is 9.00 Å². The Morgan fingerprint density at radius 3 is 2.06 bits per heavy atom. The van der Waals surface area contributed by atoms with Crippen LogP contribution >= 0.6 is 0 Å². The number of nitrogens with one attached hydrogen (secondary N) is 1. The van der Waals surface area contributed by atoms with Crippen molar-refractivity contribution in [3.05, 3.63) is 0 Å². The van der Waals surface area contributed by atoms with Crippen molar-refractivity contribution in [2.45, 2.75) is 41.5 Å². The van der Waals surface area contributed by atoms with Crippen LogP contribution in [-0.4, -0.2) is 28.7 Å². The lowest BCUT2D eigenvalue weighted by atomic mass is 9.81. The Bertz CT molecular complexity index is 222. The van der Waals surface area contributed by atoms with E-state index in [1.165, 1.54) is 0 Å². The molecule has 98 valence electrons. The minimum atomic E-state index is -0.831. The van der Waals surface area contributed by atoms with Crippen molar-refractivity contribution in [1.82, 2.24) is 5.32 Å². The van der Waals surface area contributed by atoms with Gasteiger partial charge in [0.15, 0.2) is 0 Å². The van der Waals surface area contributed by atoms with E-state index < -0.39 is 10.8 Å². The Balaban J connectivity index is 0. The molecule has 0 aliphatic heterocycles. The molecule has 0 heterocycles. The van der Waals surface area contributed by atoms with Crippen molar-refractivity contribution in [2.75, 3.05) is 18.6 Å². The fourth-order valence-corrected chi connectivity index (χ4v) is 1.25. The van der Waals surface area contributed by atoms with Crippen LogP contribution in [0.15, 0.2) is 0 Å². The third-order valence-electron chi connectivity index (χ3n) is 2.38. The van der Waals surface area contributed by atoms with Crippen LogP contribution in [0.2, 0.25) is 0 Å². The number of hydrogen-bond acceptors (Lipinski definition) is 2. The summed E-state index contributed by atoms with van der Waals surface area (Å²) in [6, 6.07) is 0. The molecule has 0 fully saturated rings. The maximum atomic E-state index is 11.6. The zero-order valence-corrected chi connectivity index (χ0v) is 12.5. The summed E-state index contributed by atoms with van der Waals surface area (Å²) < 4.78 is 10.8. The van der Waals surface area contributed by atoms with E-state index in [1.807, 2.05) is 41.5 Å². The van der Waals surface area contributed by atoms with E-state index in [1.54, 1.807) is 6.26 Å². The van der Waals surface area contributed by atoms with Crippen LogP contribution in [0.3, 0.4) is 0 Å². The molecule has 0 spiro atoms. The van der Waals surface area contributed by atoms with Crippen molar-refractivity contribution in [1.29, 1.82) is 0 Å². The molecule has 0 saturated heterocycles. The maximum absolute atomic E-state index is 11.6. The van der Waals surface area contributed by atoms with Gasteiger partial charge in [0.25, 0.3) is 0 Å². The molecule has 0 rings (SSSR count). The highest BCUT2D eigenvalue weighted by molar-refractivity contribution is 7.84. The highest BCUT2D eigenvalue weighted by Gasteiger charge is 2.26. The molecule has 0 aromatic heterocycles. The standard InChI is InChI=1S/C10H21NO2S.C2H6/c1-8(10(2,3)4)9(12)11-6-7-14(5)13;1-2/h8H,6-7H2,1-5H3,(H,11,12);1-2H3. The average Bonchev–Trinajstić information content (AvgIpc) is 2.17. The summed E-state index contributed by atoms with van der Waals surface area (Å²) in [7, 11) is -0.831. The second-order valence-electron chi connectivity index (χ2n) is 4.66. The monoisotopic (exact) mass is 249 g/mol. The summed E-state index contributed by atoms with van der Waals surface area (Å²) in [5.74, 6) is 0.554. The first-order valence-corrected chi connectivity index (χ1v) is 7.55. The van der Waals surface area contributed by atoms with Crippen LogP contribution in [0.4, 0.5) is 0 Å². The number of rotatable bonds is 4. The molecule has 0 aromatic carbocycles. The fraction of sp³-hybridized carbons (Fsp3) is 0.917. The molecule has 0 aliphatic carbocycles. The average molecular weight is 249 g/mol. The zero-order valence-electron chi connectivity index (χ0n) is 11.7. The molecule has 0 aromatic rings. The lowest BCUT2D eigenvalue weighted by Gasteiger charge is -2.25. The molecule has 0 bridgehead atoms. The van der Waals surface area contributed by atoms with Crippen LogP contribution in [-0.2, 0) is 15.6 Å². The molecule has 4 heteroatoms. The van der Waals surface area contributed by atoms with Gasteiger partial charge in [-0.05, 0) is 5.41 Å². The fourth-order valence-electron chi connectivity index (χ4n) is 0.864.